The van der Waals surface area contributed by atoms with Crippen molar-refractivity contribution in [1.29, 1.82) is 0 Å². The number of hydrogen-bond donors (Lipinski definition) is 3. The number of phosphoric ester groups is 1. The summed E-state index contributed by atoms with van der Waals surface area (Å²) in [6.45, 7) is 4.79. The molecule has 0 spiro atoms. The Morgan fingerprint density at radius 3 is 1.27 bits per heavy atom. The maximum atomic E-state index is 12.9. The number of carbonyl (C=O) groups is 1. The molecule has 0 saturated heterocycles. The number of aliphatic hydroxyl groups is 1. The van der Waals surface area contributed by atoms with Gasteiger partial charge in [-0.1, -0.05) is 210 Å². The summed E-state index contributed by atoms with van der Waals surface area (Å²) in [6.07, 6.45) is 59.2. The second-order valence-corrected chi connectivity index (χ2v) is 20.7. The smallest absolute Gasteiger partial charge is 0.387 e. The van der Waals surface area contributed by atoms with Gasteiger partial charge >= 0.3 is 7.82 Å². The van der Waals surface area contributed by atoms with Crippen molar-refractivity contribution >= 4 is 13.7 Å². The molecule has 3 unspecified atom stereocenters. The van der Waals surface area contributed by atoms with Crippen molar-refractivity contribution in [1.82, 2.24) is 5.32 Å². The Labute approximate surface area is 390 Å². The number of amides is 1. The van der Waals surface area contributed by atoms with Gasteiger partial charge in [0.15, 0.2) is 0 Å². The van der Waals surface area contributed by atoms with Crippen molar-refractivity contribution in [2.24, 2.45) is 0 Å². The number of nitrogens with zero attached hydrogens (tertiary/aromatic N) is 1. The first-order chi connectivity index (χ1) is 30.5. The summed E-state index contributed by atoms with van der Waals surface area (Å²) in [7, 11) is 1.54. The number of rotatable bonds is 48. The minimum absolute atomic E-state index is 0.0520. The third kappa shape index (κ3) is 48.2. The molecule has 63 heavy (non-hydrogen) atoms. The quantitative estimate of drug-likeness (QED) is 0.0243. The lowest BCUT2D eigenvalue weighted by Gasteiger charge is -2.25. The lowest BCUT2D eigenvalue weighted by Crippen LogP contribution is -2.45. The Hall–Kier alpha value is -1.54. The highest BCUT2D eigenvalue weighted by Gasteiger charge is 2.27. The van der Waals surface area contributed by atoms with Crippen LogP contribution in [0.1, 0.15) is 239 Å². The number of allylic oxidation sites excluding steroid dienone is 7. The molecule has 0 aromatic heterocycles. The predicted octanol–water partition coefficient (Wildman–Crippen LogP) is 15.6. The van der Waals surface area contributed by atoms with Gasteiger partial charge in [-0.3, -0.25) is 13.8 Å². The van der Waals surface area contributed by atoms with Crippen LogP contribution in [0.25, 0.3) is 0 Å². The third-order valence-electron chi connectivity index (χ3n) is 11.7. The first-order valence-electron chi connectivity index (χ1n) is 26.5. The van der Waals surface area contributed by atoms with E-state index in [1.807, 2.05) is 27.2 Å². The molecule has 0 aliphatic rings. The lowest BCUT2D eigenvalue weighted by atomic mass is 10.0. The number of unbranched alkanes of at least 4 members (excludes halogenated alkanes) is 29. The zero-order valence-electron chi connectivity index (χ0n) is 42.1. The number of quaternary nitrogens is 1. The fourth-order valence-corrected chi connectivity index (χ4v) is 8.27. The maximum absolute atomic E-state index is 12.9. The van der Waals surface area contributed by atoms with Gasteiger partial charge < -0.3 is 19.8 Å². The van der Waals surface area contributed by atoms with Gasteiger partial charge in [0, 0.05) is 6.42 Å². The van der Waals surface area contributed by atoms with Gasteiger partial charge in [-0.05, 0) is 70.6 Å². The molecule has 0 aliphatic carbocycles. The summed E-state index contributed by atoms with van der Waals surface area (Å²) in [5.41, 5.74) is 0. The molecule has 0 aliphatic heterocycles. The third-order valence-corrected chi connectivity index (χ3v) is 12.7. The zero-order chi connectivity index (χ0) is 46.4. The van der Waals surface area contributed by atoms with Crippen LogP contribution in [0.5, 0.6) is 0 Å². The van der Waals surface area contributed by atoms with E-state index in [9.17, 15) is 19.4 Å². The summed E-state index contributed by atoms with van der Waals surface area (Å²) in [4.78, 5) is 23.2. The molecule has 8 nitrogen and oxygen atoms in total. The molecule has 3 N–H and O–H groups in total. The van der Waals surface area contributed by atoms with E-state index in [1.165, 1.54) is 173 Å². The highest BCUT2D eigenvalue weighted by atomic mass is 31.2. The summed E-state index contributed by atoms with van der Waals surface area (Å²) in [5.74, 6) is -0.195. The van der Waals surface area contributed by atoms with Crippen molar-refractivity contribution in [3.8, 4) is 0 Å². The van der Waals surface area contributed by atoms with Crippen molar-refractivity contribution < 1.29 is 32.9 Å². The molecule has 0 bridgehead atoms. The Kier molecular flexibility index (Phi) is 44.5. The van der Waals surface area contributed by atoms with Gasteiger partial charge in [-0.25, -0.2) is 4.57 Å². The van der Waals surface area contributed by atoms with Gasteiger partial charge in [-0.2, -0.15) is 0 Å². The Morgan fingerprint density at radius 2 is 0.873 bits per heavy atom. The Morgan fingerprint density at radius 1 is 0.524 bits per heavy atom. The lowest BCUT2D eigenvalue weighted by molar-refractivity contribution is -0.870. The van der Waals surface area contributed by atoms with Crippen LogP contribution >= 0.6 is 7.82 Å². The van der Waals surface area contributed by atoms with E-state index in [2.05, 4.69) is 55.6 Å². The molecule has 0 radical (unpaired) electrons. The highest BCUT2D eigenvalue weighted by molar-refractivity contribution is 7.47. The molecule has 0 aromatic rings. The van der Waals surface area contributed by atoms with E-state index in [0.717, 1.165) is 44.9 Å². The second kappa shape index (κ2) is 45.6. The molecule has 0 fully saturated rings. The number of nitrogens with one attached hydrogen (secondary N) is 1. The molecular formula is C54H104N2O6P+. The number of likely N-dealkylation sites (N-methyl/N-ethyl adjacent to an activating group) is 1. The van der Waals surface area contributed by atoms with Gasteiger partial charge in [0.25, 0.3) is 0 Å². The van der Waals surface area contributed by atoms with Gasteiger partial charge in [0.1, 0.15) is 13.2 Å². The maximum Gasteiger partial charge on any atom is 0.472 e. The number of hydrogen-bond acceptors (Lipinski definition) is 5. The van der Waals surface area contributed by atoms with Crippen LogP contribution in [-0.4, -0.2) is 73.4 Å². The number of aliphatic hydroxyl groups excluding tert-OH is 1. The van der Waals surface area contributed by atoms with Crippen LogP contribution in [0.2, 0.25) is 0 Å². The van der Waals surface area contributed by atoms with Crippen LogP contribution in [-0.2, 0) is 18.4 Å². The monoisotopic (exact) mass is 908 g/mol. The normalized spacial score (nSPS) is 14.5. The van der Waals surface area contributed by atoms with E-state index in [4.69, 9.17) is 9.05 Å². The highest BCUT2D eigenvalue weighted by Crippen LogP contribution is 2.43. The standard InChI is InChI=1S/C54H103N2O6P/c1-6-8-10-12-14-16-18-20-22-24-25-26-27-28-29-30-32-33-35-37-39-41-43-45-47-53(57)52(51-62-63(59,60)61-50-49-56(3,4)5)55-54(58)48-46-44-42-40-38-36-34-31-23-21-19-17-15-13-11-9-7-2/h21,23,30,32,37,39,45,47,52-53,57H,6-20,22,24-29,31,33-36,38,40-44,46,48-51H2,1-5H3,(H-,55,58,59,60)/p+1/b23-21-,32-30+,39-37+,47-45+. The molecule has 0 heterocycles. The van der Waals surface area contributed by atoms with Gasteiger partial charge in [0.2, 0.25) is 5.91 Å². The predicted molar refractivity (Wildman–Crippen MR) is 272 cm³/mol. The van der Waals surface area contributed by atoms with E-state index in [1.54, 1.807) is 6.08 Å². The van der Waals surface area contributed by atoms with E-state index >= 15 is 0 Å². The fraction of sp³-hybridized carbons (Fsp3) is 0.833. The fourth-order valence-electron chi connectivity index (χ4n) is 7.54. The van der Waals surface area contributed by atoms with Crippen LogP contribution < -0.4 is 5.32 Å². The zero-order valence-corrected chi connectivity index (χ0v) is 43.0. The Balaban J connectivity index is 4.36. The minimum Gasteiger partial charge on any atom is -0.387 e. The summed E-state index contributed by atoms with van der Waals surface area (Å²) in [6, 6.07) is -0.872. The molecule has 370 valence electrons. The van der Waals surface area contributed by atoms with Crippen LogP contribution in [0.4, 0.5) is 0 Å². The van der Waals surface area contributed by atoms with Gasteiger partial charge in [-0.15, -0.1) is 0 Å². The van der Waals surface area contributed by atoms with Crippen LogP contribution in [0.3, 0.4) is 0 Å². The summed E-state index contributed by atoms with van der Waals surface area (Å²) >= 11 is 0. The van der Waals surface area contributed by atoms with Crippen molar-refractivity contribution in [3.05, 3.63) is 48.6 Å². The minimum atomic E-state index is -4.36. The number of carbonyl (C=O) groups excluding carboxylic acids is 1. The van der Waals surface area contributed by atoms with E-state index in [-0.39, 0.29) is 19.1 Å². The molecule has 9 heteroatoms. The Bertz CT molecular complexity index is 1170. The molecule has 0 rings (SSSR count). The average molecular weight is 908 g/mol. The molecule has 3 atom stereocenters. The van der Waals surface area contributed by atoms with Crippen LogP contribution in [0.15, 0.2) is 48.6 Å². The summed E-state index contributed by atoms with van der Waals surface area (Å²) in [5, 5.41) is 13.9. The van der Waals surface area contributed by atoms with E-state index in [0.29, 0.717) is 17.4 Å². The van der Waals surface area contributed by atoms with Crippen molar-refractivity contribution in [2.75, 3.05) is 40.9 Å². The van der Waals surface area contributed by atoms with Crippen LogP contribution in [0, 0.1) is 0 Å². The number of phosphoric acid groups is 1. The van der Waals surface area contributed by atoms with Crippen molar-refractivity contribution in [3.63, 3.8) is 0 Å². The first-order valence-corrected chi connectivity index (χ1v) is 28.0. The van der Waals surface area contributed by atoms with Gasteiger partial charge in [0.05, 0.1) is 39.9 Å². The first kappa shape index (κ1) is 61.5. The second-order valence-electron chi connectivity index (χ2n) is 19.2. The topological polar surface area (TPSA) is 105 Å². The van der Waals surface area contributed by atoms with Crippen molar-refractivity contribution in [2.45, 2.75) is 251 Å². The molecule has 0 saturated carbocycles. The molecular weight excluding hydrogens is 804 g/mol. The van der Waals surface area contributed by atoms with E-state index < -0.39 is 20.0 Å². The largest absolute Gasteiger partial charge is 0.472 e. The molecule has 0 aromatic carbocycles. The summed E-state index contributed by atoms with van der Waals surface area (Å²) < 4.78 is 23.6. The SMILES string of the molecule is CCCCCCCC/C=C\CCCCCCCCCC(=O)NC(COP(=O)(O)OCC[N+](C)(C)C)C(O)/C=C/CC/C=C/CC/C=C/CCCCCCCCCCCCCCCC. The molecule has 1 amide bonds. The average Bonchev–Trinajstić information content (AvgIpc) is 3.24.